The van der Waals surface area contributed by atoms with Crippen LogP contribution in [0.2, 0.25) is 0 Å². The van der Waals surface area contributed by atoms with Crippen LogP contribution in [0.25, 0.3) is 0 Å². The molecule has 1 saturated heterocycles. The molecule has 0 spiro atoms. The van der Waals surface area contributed by atoms with E-state index in [9.17, 15) is 4.79 Å². The Morgan fingerprint density at radius 3 is 2.81 bits per heavy atom. The summed E-state index contributed by atoms with van der Waals surface area (Å²) in [6, 6.07) is 7.87. The number of aromatic nitrogens is 2. The van der Waals surface area contributed by atoms with E-state index in [2.05, 4.69) is 31.8 Å². The number of likely N-dealkylation sites (tertiary alicyclic amines) is 1. The van der Waals surface area contributed by atoms with Gasteiger partial charge in [-0.25, -0.2) is 4.98 Å². The van der Waals surface area contributed by atoms with E-state index in [0.717, 1.165) is 43.1 Å². The molecule has 1 aromatic heterocycles. The molecule has 1 aliphatic rings. The highest BCUT2D eigenvalue weighted by Gasteiger charge is 2.29. The maximum atomic E-state index is 13.1. The summed E-state index contributed by atoms with van der Waals surface area (Å²) in [5.74, 6) is 2.76. The molecule has 3 rings (SSSR count). The summed E-state index contributed by atoms with van der Waals surface area (Å²) < 4.78 is 8.05. The summed E-state index contributed by atoms with van der Waals surface area (Å²) in [6.45, 7) is 10.5. The van der Waals surface area contributed by atoms with Crippen LogP contribution < -0.4 is 4.74 Å². The molecule has 0 N–H and O–H groups in total. The predicted octanol–water partition coefficient (Wildman–Crippen LogP) is 4.19. The predicted molar refractivity (Wildman–Crippen MR) is 107 cm³/mol. The molecule has 2 aromatic rings. The number of ether oxygens (including phenoxy) is 1. The molecule has 1 aromatic carbocycles. The highest BCUT2D eigenvalue weighted by atomic mass is 16.5. The molecule has 5 nitrogen and oxygen atoms in total. The number of rotatable bonds is 6. The van der Waals surface area contributed by atoms with Crippen LogP contribution >= 0.6 is 0 Å². The van der Waals surface area contributed by atoms with Crippen LogP contribution in [-0.4, -0.2) is 40.1 Å². The number of benzene rings is 1. The minimum Gasteiger partial charge on any atom is -0.493 e. The van der Waals surface area contributed by atoms with Gasteiger partial charge in [-0.15, -0.1) is 0 Å². The van der Waals surface area contributed by atoms with E-state index >= 15 is 0 Å². The van der Waals surface area contributed by atoms with Crippen LogP contribution in [0, 0.1) is 12.8 Å². The van der Waals surface area contributed by atoms with E-state index < -0.39 is 0 Å². The van der Waals surface area contributed by atoms with Gasteiger partial charge in [0.2, 0.25) is 5.91 Å². The topological polar surface area (TPSA) is 47.4 Å². The maximum Gasteiger partial charge on any atom is 0.245 e. The van der Waals surface area contributed by atoms with E-state index in [1.165, 1.54) is 0 Å². The number of carbonyl (C=O) groups excluding carboxylic acids is 1. The minimum absolute atomic E-state index is 0.176. The standard InChI is InChI=1S/C22H31N3O2/c1-16(2)21-23-11-13-25(21)18(4)22(26)24-12-7-9-19(14-24)15-27-20-10-6-5-8-17(20)3/h5-6,8,10-11,13,16,18-19H,7,9,12,14-15H2,1-4H3/t18-,19+/m1/s1. The molecule has 0 unspecified atom stereocenters. The second kappa shape index (κ2) is 8.59. The zero-order valence-corrected chi connectivity index (χ0v) is 16.9. The van der Waals surface area contributed by atoms with Gasteiger partial charge in [0.15, 0.2) is 0 Å². The Labute approximate surface area is 162 Å². The van der Waals surface area contributed by atoms with Gasteiger partial charge in [0.25, 0.3) is 0 Å². The summed E-state index contributed by atoms with van der Waals surface area (Å²) in [5.41, 5.74) is 1.15. The van der Waals surface area contributed by atoms with Gasteiger partial charge >= 0.3 is 0 Å². The average molecular weight is 370 g/mol. The van der Waals surface area contributed by atoms with Gasteiger partial charge in [0, 0.05) is 37.3 Å². The number of imidazole rings is 1. The number of para-hydroxylation sites is 1. The molecular formula is C22H31N3O2. The normalized spacial score (nSPS) is 18.6. The third-order valence-corrected chi connectivity index (χ3v) is 5.39. The third-order valence-electron chi connectivity index (χ3n) is 5.39. The van der Waals surface area contributed by atoms with Crippen LogP contribution in [0.5, 0.6) is 5.75 Å². The molecule has 0 radical (unpaired) electrons. The van der Waals surface area contributed by atoms with E-state index in [1.807, 2.05) is 40.8 Å². The van der Waals surface area contributed by atoms with Gasteiger partial charge in [0.1, 0.15) is 17.6 Å². The molecule has 27 heavy (non-hydrogen) atoms. The molecule has 2 heterocycles. The van der Waals surface area contributed by atoms with Gasteiger partial charge in [-0.2, -0.15) is 0 Å². The van der Waals surface area contributed by atoms with Gasteiger partial charge in [-0.1, -0.05) is 32.0 Å². The van der Waals surface area contributed by atoms with E-state index in [0.29, 0.717) is 18.4 Å². The number of carbonyl (C=O) groups is 1. The van der Waals surface area contributed by atoms with Crippen molar-refractivity contribution in [1.29, 1.82) is 0 Å². The van der Waals surface area contributed by atoms with Crippen molar-refractivity contribution in [3.8, 4) is 5.75 Å². The van der Waals surface area contributed by atoms with Gasteiger partial charge in [-0.3, -0.25) is 4.79 Å². The molecule has 1 fully saturated rings. The first kappa shape index (κ1) is 19.5. The van der Waals surface area contributed by atoms with Crippen molar-refractivity contribution in [2.45, 2.75) is 52.5 Å². The molecular weight excluding hydrogens is 338 g/mol. The fourth-order valence-electron chi connectivity index (χ4n) is 3.81. The highest BCUT2D eigenvalue weighted by Crippen LogP contribution is 2.24. The number of amides is 1. The molecule has 1 aliphatic heterocycles. The fourth-order valence-corrected chi connectivity index (χ4v) is 3.81. The lowest BCUT2D eigenvalue weighted by Gasteiger charge is -2.35. The van der Waals surface area contributed by atoms with Crippen molar-refractivity contribution < 1.29 is 9.53 Å². The Morgan fingerprint density at radius 2 is 2.07 bits per heavy atom. The molecule has 0 aliphatic carbocycles. The van der Waals surface area contributed by atoms with Crippen LogP contribution in [0.15, 0.2) is 36.7 Å². The second-order valence-corrected chi connectivity index (χ2v) is 7.89. The Kier molecular flexibility index (Phi) is 6.19. The van der Waals surface area contributed by atoms with Crippen molar-refractivity contribution in [2.24, 2.45) is 5.92 Å². The first-order chi connectivity index (χ1) is 13.0. The smallest absolute Gasteiger partial charge is 0.245 e. The molecule has 146 valence electrons. The summed E-state index contributed by atoms with van der Waals surface area (Å²) in [7, 11) is 0. The van der Waals surface area contributed by atoms with Crippen molar-refractivity contribution in [3.05, 3.63) is 48.0 Å². The maximum absolute atomic E-state index is 13.1. The van der Waals surface area contributed by atoms with Crippen molar-refractivity contribution >= 4 is 5.91 Å². The quantitative estimate of drug-likeness (QED) is 0.767. The van der Waals surface area contributed by atoms with E-state index in [4.69, 9.17) is 4.74 Å². The lowest BCUT2D eigenvalue weighted by Crippen LogP contribution is -2.44. The number of nitrogens with zero attached hydrogens (tertiary/aromatic N) is 3. The van der Waals surface area contributed by atoms with Crippen LogP contribution in [-0.2, 0) is 4.79 Å². The van der Waals surface area contributed by atoms with E-state index in [-0.39, 0.29) is 11.9 Å². The molecule has 0 bridgehead atoms. The summed E-state index contributed by atoms with van der Waals surface area (Å²) in [6.07, 6.45) is 5.84. The zero-order chi connectivity index (χ0) is 19.4. The van der Waals surface area contributed by atoms with Crippen LogP contribution in [0.3, 0.4) is 0 Å². The first-order valence-electron chi connectivity index (χ1n) is 9.97. The van der Waals surface area contributed by atoms with Gasteiger partial charge < -0.3 is 14.2 Å². The molecule has 0 saturated carbocycles. The largest absolute Gasteiger partial charge is 0.493 e. The third kappa shape index (κ3) is 4.52. The molecule has 2 atom stereocenters. The number of hydrogen-bond acceptors (Lipinski definition) is 3. The fraction of sp³-hybridized carbons (Fsp3) is 0.545. The monoisotopic (exact) mass is 369 g/mol. The Balaban J connectivity index is 1.61. The minimum atomic E-state index is -0.221. The van der Waals surface area contributed by atoms with Crippen molar-refractivity contribution in [1.82, 2.24) is 14.5 Å². The van der Waals surface area contributed by atoms with Crippen molar-refractivity contribution in [3.63, 3.8) is 0 Å². The number of hydrogen-bond donors (Lipinski definition) is 0. The molecule has 1 amide bonds. The number of aryl methyl sites for hydroxylation is 1. The van der Waals surface area contributed by atoms with Gasteiger partial charge in [0.05, 0.1) is 6.61 Å². The van der Waals surface area contributed by atoms with Gasteiger partial charge in [-0.05, 0) is 38.3 Å². The lowest BCUT2D eigenvalue weighted by atomic mass is 9.98. The zero-order valence-electron chi connectivity index (χ0n) is 16.9. The first-order valence-corrected chi connectivity index (χ1v) is 9.97. The van der Waals surface area contributed by atoms with Crippen LogP contribution in [0.1, 0.15) is 57.0 Å². The Bertz CT molecular complexity index is 768. The summed E-state index contributed by atoms with van der Waals surface area (Å²) in [4.78, 5) is 19.5. The lowest BCUT2D eigenvalue weighted by molar-refractivity contribution is -0.136. The SMILES string of the molecule is Cc1ccccc1OC[C@H]1CCCN(C(=O)[C@@H](C)n2ccnc2C(C)C)C1. The highest BCUT2D eigenvalue weighted by molar-refractivity contribution is 5.80. The van der Waals surface area contributed by atoms with E-state index in [1.54, 1.807) is 6.20 Å². The second-order valence-electron chi connectivity index (χ2n) is 7.89. The molecule has 5 heteroatoms. The average Bonchev–Trinajstić information content (AvgIpc) is 3.16. The summed E-state index contributed by atoms with van der Waals surface area (Å²) in [5, 5.41) is 0. The van der Waals surface area contributed by atoms with Crippen LogP contribution in [0.4, 0.5) is 0 Å². The number of piperidine rings is 1. The Hall–Kier alpha value is -2.30. The van der Waals surface area contributed by atoms with Crippen molar-refractivity contribution in [2.75, 3.05) is 19.7 Å². The Morgan fingerprint density at radius 1 is 1.30 bits per heavy atom. The summed E-state index contributed by atoms with van der Waals surface area (Å²) >= 11 is 0.